The first-order valence-corrected chi connectivity index (χ1v) is 3.88. The highest BCUT2D eigenvalue weighted by atomic mass is 79.9. The molecule has 2 heterocycles. The Morgan fingerprint density at radius 1 is 1.55 bits per heavy atom. The lowest BCUT2D eigenvalue weighted by Gasteiger charge is -1.93. The fourth-order valence-corrected chi connectivity index (χ4v) is 1.29. The van der Waals surface area contributed by atoms with Crippen molar-refractivity contribution in [2.45, 2.75) is 0 Å². The Hall–Kier alpha value is -1.03. The van der Waals surface area contributed by atoms with Crippen molar-refractivity contribution in [1.82, 2.24) is 9.71 Å². The molecule has 0 atom stereocenters. The molecule has 0 aromatic carbocycles. The molecule has 0 bridgehead atoms. The van der Waals surface area contributed by atoms with Crippen LogP contribution in [-0.4, -0.2) is 14.9 Å². The summed E-state index contributed by atoms with van der Waals surface area (Å²) in [5.41, 5.74) is 1.50. The van der Waals surface area contributed by atoms with Crippen LogP contribution in [0.1, 0.15) is 0 Å². The second-order valence-electron chi connectivity index (χ2n) is 2.22. The van der Waals surface area contributed by atoms with Crippen LogP contribution in [0.2, 0.25) is 0 Å². The fraction of sp³-hybridized carbons (Fsp3) is 0. The van der Waals surface area contributed by atoms with E-state index in [-0.39, 0.29) is 0 Å². The summed E-state index contributed by atoms with van der Waals surface area (Å²) in [6, 6.07) is 3.56. The van der Waals surface area contributed by atoms with Crippen molar-refractivity contribution in [1.29, 1.82) is 0 Å². The molecule has 0 amide bonds. The summed E-state index contributed by atoms with van der Waals surface area (Å²) in [6.45, 7) is 0. The minimum absolute atomic E-state index is 0.708. The van der Waals surface area contributed by atoms with Crippen molar-refractivity contribution in [3.05, 3.63) is 29.0 Å². The Bertz CT molecular complexity index is 396. The van der Waals surface area contributed by atoms with E-state index in [1.54, 1.807) is 18.5 Å². The van der Waals surface area contributed by atoms with Gasteiger partial charge in [-0.3, -0.25) is 4.98 Å². The van der Waals surface area contributed by atoms with Gasteiger partial charge in [0.05, 0.1) is 5.52 Å². The fourth-order valence-electron chi connectivity index (χ4n) is 0.973. The van der Waals surface area contributed by atoms with Crippen LogP contribution >= 0.6 is 15.9 Å². The molecule has 0 aliphatic rings. The van der Waals surface area contributed by atoms with E-state index >= 15 is 0 Å². The van der Waals surface area contributed by atoms with Gasteiger partial charge in [-0.2, -0.15) is 4.73 Å². The molecule has 0 unspecified atom stereocenters. The van der Waals surface area contributed by atoms with Gasteiger partial charge in [0.2, 0.25) is 0 Å². The van der Waals surface area contributed by atoms with E-state index in [2.05, 4.69) is 20.9 Å². The molecular weight excluding hydrogens is 208 g/mol. The van der Waals surface area contributed by atoms with Gasteiger partial charge < -0.3 is 5.21 Å². The molecule has 3 nitrogen and oxygen atoms in total. The number of rotatable bonds is 0. The van der Waals surface area contributed by atoms with E-state index in [1.807, 2.05) is 6.07 Å². The Kier molecular flexibility index (Phi) is 1.35. The maximum absolute atomic E-state index is 9.19. The molecule has 0 fully saturated rings. The van der Waals surface area contributed by atoms with Crippen molar-refractivity contribution in [3.8, 4) is 0 Å². The minimum Gasteiger partial charge on any atom is -0.428 e. The van der Waals surface area contributed by atoms with Crippen LogP contribution in [0.15, 0.2) is 29.0 Å². The van der Waals surface area contributed by atoms with Crippen LogP contribution in [0.3, 0.4) is 0 Å². The van der Waals surface area contributed by atoms with E-state index in [0.717, 1.165) is 14.7 Å². The lowest BCUT2D eigenvalue weighted by molar-refractivity contribution is 0.200. The number of aromatic nitrogens is 2. The van der Waals surface area contributed by atoms with E-state index < -0.39 is 0 Å². The van der Waals surface area contributed by atoms with Crippen LogP contribution in [-0.2, 0) is 0 Å². The molecular formula is C7H5BrN2O. The smallest absolute Gasteiger partial charge is 0.106 e. The summed E-state index contributed by atoms with van der Waals surface area (Å²) in [5.74, 6) is 0. The highest BCUT2D eigenvalue weighted by molar-refractivity contribution is 9.10. The maximum atomic E-state index is 9.19. The van der Waals surface area contributed by atoms with Gasteiger partial charge in [0.25, 0.3) is 0 Å². The molecule has 2 aromatic heterocycles. The molecule has 0 saturated carbocycles. The van der Waals surface area contributed by atoms with Crippen molar-refractivity contribution < 1.29 is 5.21 Å². The SMILES string of the molecule is On1ccc2ncc(Br)cc21. The third-order valence-electron chi connectivity index (χ3n) is 1.48. The molecule has 56 valence electrons. The van der Waals surface area contributed by atoms with Gasteiger partial charge >= 0.3 is 0 Å². The number of hydrogen-bond donors (Lipinski definition) is 1. The van der Waals surface area contributed by atoms with E-state index in [4.69, 9.17) is 0 Å². The second kappa shape index (κ2) is 2.23. The van der Waals surface area contributed by atoms with E-state index in [9.17, 15) is 5.21 Å². The Morgan fingerprint density at radius 3 is 3.18 bits per heavy atom. The van der Waals surface area contributed by atoms with Crippen molar-refractivity contribution >= 4 is 27.0 Å². The Labute approximate surface area is 71.4 Å². The standard InChI is InChI=1S/C7H5BrN2O/c8-5-3-7-6(9-4-5)1-2-10(7)11/h1-4,11H. The number of nitrogens with zero attached hydrogens (tertiary/aromatic N) is 2. The Morgan fingerprint density at radius 2 is 2.36 bits per heavy atom. The summed E-state index contributed by atoms with van der Waals surface area (Å²) in [7, 11) is 0. The summed E-state index contributed by atoms with van der Waals surface area (Å²) in [4.78, 5) is 4.07. The monoisotopic (exact) mass is 212 g/mol. The minimum atomic E-state index is 0.708. The first kappa shape index (κ1) is 6.67. The van der Waals surface area contributed by atoms with Gasteiger partial charge in [0.15, 0.2) is 0 Å². The highest BCUT2D eigenvalue weighted by Gasteiger charge is 1.99. The predicted molar refractivity (Wildman–Crippen MR) is 44.6 cm³/mol. The molecule has 2 aromatic rings. The van der Waals surface area contributed by atoms with Crippen LogP contribution in [0, 0.1) is 0 Å². The van der Waals surface area contributed by atoms with Gasteiger partial charge in [-0.15, -0.1) is 0 Å². The summed E-state index contributed by atoms with van der Waals surface area (Å²) in [5, 5.41) is 9.19. The molecule has 0 radical (unpaired) electrons. The van der Waals surface area contributed by atoms with Crippen LogP contribution in [0.4, 0.5) is 0 Å². The van der Waals surface area contributed by atoms with Gasteiger partial charge in [-0.05, 0) is 28.1 Å². The van der Waals surface area contributed by atoms with Crippen molar-refractivity contribution in [3.63, 3.8) is 0 Å². The molecule has 1 N–H and O–H groups in total. The van der Waals surface area contributed by atoms with Gasteiger partial charge in [0, 0.05) is 16.9 Å². The zero-order valence-corrected chi connectivity index (χ0v) is 7.12. The molecule has 11 heavy (non-hydrogen) atoms. The van der Waals surface area contributed by atoms with Gasteiger partial charge in [0.1, 0.15) is 5.52 Å². The van der Waals surface area contributed by atoms with Crippen LogP contribution in [0.25, 0.3) is 11.0 Å². The van der Waals surface area contributed by atoms with E-state index in [1.165, 1.54) is 0 Å². The van der Waals surface area contributed by atoms with Crippen molar-refractivity contribution in [2.75, 3.05) is 0 Å². The zero-order valence-electron chi connectivity index (χ0n) is 5.53. The third kappa shape index (κ3) is 0.991. The third-order valence-corrected chi connectivity index (χ3v) is 1.92. The number of fused-ring (bicyclic) bond motifs is 1. The Balaban J connectivity index is 2.87. The first-order chi connectivity index (χ1) is 5.27. The molecule has 0 spiro atoms. The normalized spacial score (nSPS) is 10.6. The summed E-state index contributed by atoms with van der Waals surface area (Å²) in [6.07, 6.45) is 3.26. The lowest BCUT2D eigenvalue weighted by atomic mass is 10.4. The predicted octanol–water partition coefficient (Wildman–Crippen LogP) is 2.04. The number of halogens is 1. The quantitative estimate of drug-likeness (QED) is 0.680. The summed E-state index contributed by atoms with van der Waals surface area (Å²) < 4.78 is 1.91. The van der Waals surface area contributed by atoms with Crippen molar-refractivity contribution in [2.24, 2.45) is 0 Å². The second-order valence-corrected chi connectivity index (χ2v) is 3.13. The topological polar surface area (TPSA) is 38.0 Å². The average Bonchev–Trinajstić information content (AvgIpc) is 2.33. The molecule has 4 heteroatoms. The molecule has 0 saturated heterocycles. The maximum Gasteiger partial charge on any atom is 0.106 e. The van der Waals surface area contributed by atoms with Crippen LogP contribution < -0.4 is 0 Å². The number of hydrogen-bond acceptors (Lipinski definition) is 2. The molecule has 0 aliphatic carbocycles. The van der Waals surface area contributed by atoms with Gasteiger partial charge in [-0.1, -0.05) is 0 Å². The van der Waals surface area contributed by atoms with Crippen LogP contribution in [0.5, 0.6) is 0 Å². The largest absolute Gasteiger partial charge is 0.428 e. The van der Waals surface area contributed by atoms with Gasteiger partial charge in [-0.25, -0.2) is 0 Å². The summed E-state index contributed by atoms with van der Waals surface area (Å²) >= 11 is 3.26. The molecule has 2 rings (SSSR count). The number of pyridine rings is 1. The van der Waals surface area contributed by atoms with E-state index in [0.29, 0.717) is 5.52 Å². The average molecular weight is 213 g/mol. The molecule has 0 aliphatic heterocycles. The zero-order chi connectivity index (χ0) is 7.84. The lowest BCUT2D eigenvalue weighted by Crippen LogP contribution is -1.86. The highest BCUT2D eigenvalue weighted by Crippen LogP contribution is 2.16. The first-order valence-electron chi connectivity index (χ1n) is 3.09.